The molecule has 0 heterocycles. The van der Waals surface area contributed by atoms with E-state index in [1.807, 2.05) is 0 Å². The van der Waals surface area contributed by atoms with Crippen LogP contribution in [0.3, 0.4) is 0 Å². The van der Waals surface area contributed by atoms with E-state index in [2.05, 4.69) is 9.47 Å². The molecule has 0 unspecified atom stereocenters. The van der Waals surface area contributed by atoms with Crippen molar-refractivity contribution in [2.24, 2.45) is 11.8 Å². The van der Waals surface area contributed by atoms with Crippen LogP contribution in [0.25, 0.3) is 0 Å². The zero-order chi connectivity index (χ0) is 12.0. The minimum absolute atomic E-state index is 0.106. The van der Waals surface area contributed by atoms with Crippen molar-refractivity contribution in [3.8, 4) is 0 Å². The highest BCUT2D eigenvalue weighted by atomic mass is 16.6. The number of esters is 2. The van der Waals surface area contributed by atoms with Crippen LogP contribution in [-0.2, 0) is 28.7 Å². The third kappa shape index (κ3) is 3.15. The van der Waals surface area contributed by atoms with Gasteiger partial charge in [-0.3, -0.25) is 19.2 Å². The van der Waals surface area contributed by atoms with Crippen LogP contribution in [0.4, 0.5) is 0 Å². The quantitative estimate of drug-likeness (QED) is 0.388. The molecule has 1 fully saturated rings. The highest BCUT2D eigenvalue weighted by molar-refractivity contribution is 5.80. The fraction of sp³-hybridized carbons (Fsp3) is 0.600. The van der Waals surface area contributed by atoms with Gasteiger partial charge in [0, 0.05) is 0 Å². The van der Waals surface area contributed by atoms with Crippen LogP contribution < -0.4 is 0 Å². The lowest BCUT2D eigenvalue weighted by atomic mass is 9.82. The Kier molecular flexibility index (Phi) is 4.63. The SMILES string of the molecule is O=COC(=O)C1CCC(C(=O)OC=O)CC1. The Bertz CT molecular complexity index is 260. The Balaban J connectivity index is 2.38. The second-order valence-corrected chi connectivity index (χ2v) is 3.61. The summed E-state index contributed by atoms with van der Waals surface area (Å²) in [7, 11) is 0. The van der Waals surface area contributed by atoms with E-state index in [9.17, 15) is 19.2 Å². The Morgan fingerprint density at radius 2 is 1.12 bits per heavy atom. The highest BCUT2D eigenvalue weighted by Gasteiger charge is 2.31. The summed E-state index contributed by atoms with van der Waals surface area (Å²) in [6.07, 6.45) is 1.85. The molecule has 16 heavy (non-hydrogen) atoms. The van der Waals surface area contributed by atoms with Gasteiger partial charge in [-0.2, -0.15) is 0 Å². The highest BCUT2D eigenvalue weighted by Crippen LogP contribution is 2.30. The molecular formula is C10H12O6. The first kappa shape index (κ1) is 12.4. The van der Waals surface area contributed by atoms with Gasteiger partial charge >= 0.3 is 24.9 Å². The number of rotatable bonds is 4. The predicted octanol–water partition coefficient (Wildman–Crippen LogP) is 0.192. The van der Waals surface area contributed by atoms with Crippen molar-refractivity contribution in [2.45, 2.75) is 25.7 Å². The standard InChI is InChI=1S/C10H12O6/c11-5-15-9(13)7-1-2-8(4-3-7)10(14)16-6-12/h5-8H,1-4H2. The molecule has 0 N–H and O–H groups in total. The minimum atomic E-state index is -0.558. The lowest BCUT2D eigenvalue weighted by Gasteiger charge is -2.24. The van der Waals surface area contributed by atoms with Crippen LogP contribution in [0.1, 0.15) is 25.7 Å². The molecular weight excluding hydrogens is 216 g/mol. The Labute approximate surface area is 91.9 Å². The van der Waals surface area contributed by atoms with Crippen LogP contribution >= 0.6 is 0 Å². The first-order valence-corrected chi connectivity index (χ1v) is 4.97. The Morgan fingerprint density at radius 3 is 1.38 bits per heavy atom. The maximum absolute atomic E-state index is 11.2. The third-order valence-electron chi connectivity index (χ3n) is 2.72. The van der Waals surface area contributed by atoms with Crippen molar-refractivity contribution in [2.75, 3.05) is 0 Å². The zero-order valence-corrected chi connectivity index (χ0v) is 8.59. The Hall–Kier alpha value is -1.72. The van der Waals surface area contributed by atoms with Gasteiger partial charge in [-0.25, -0.2) is 0 Å². The van der Waals surface area contributed by atoms with Crippen LogP contribution in [0, 0.1) is 11.8 Å². The molecule has 6 nitrogen and oxygen atoms in total. The second kappa shape index (κ2) is 5.99. The van der Waals surface area contributed by atoms with Crippen molar-refractivity contribution in [3.05, 3.63) is 0 Å². The van der Waals surface area contributed by atoms with Gasteiger partial charge in [-0.05, 0) is 25.7 Å². The van der Waals surface area contributed by atoms with E-state index in [1.165, 1.54) is 0 Å². The smallest absolute Gasteiger partial charge is 0.316 e. The van der Waals surface area contributed by atoms with E-state index < -0.39 is 11.9 Å². The molecule has 88 valence electrons. The van der Waals surface area contributed by atoms with E-state index in [0.717, 1.165) is 0 Å². The van der Waals surface area contributed by atoms with Gasteiger partial charge in [-0.1, -0.05) is 0 Å². The van der Waals surface area contributed by atoms with Crippen LogP contribution in [-0.4, -0.2) is 24.9 Å². The molecule has 0 aliphatic heterocycles. The van der Waals surface area contributed by atoms with Crippen LogP contribution in [0.5, 0.6) is 0 Å². The summed E-state index contributed by atoms with van der Waals surface area (Å²) in [5.74, 6) is -1.80. The number of carbonyl (C=O) groups is 4. The predicted molar refractivity (Wildman–Crippen MR) is 49.8 cm³/mol. The molecule has 0 radical (unpaired) electrons. The molecule has 1 saturated carbocycles. The zero-order valence-electron chi connectivity index (χ0n) is 8.59. The molecule has 0 aromatic heterocycles. The molecule has 1 aliphatic carbocycles. The van der Waals surface area contributed by atoms with Gasteiger partial charge in [0.25, 0.3) is 0 Å². The topological polar surface area (TPSA) is 86.7 Å². The lowest BCUT2D eigenvalue weighted by molar-refractivity contribution is -0.160. The summed E-state index contributed by atoms with van der Waals surface area (Å²) in [6.45, 7) is 0.212. The molecule has 0 spiro atoms. The summed E-state index contributed by atoms with van der Waals surface area (Å²) in [4.78, 5) is 42.3. The van der Waals surface area contributed by atoms with Crippen molar-refractivity contribution >= 4 is 24.9 Å². The van der Waals surface area contributed by atoms with Crippen LogP contribution in [0.2, 0.25) is 0 Å². The number of ether oxygens (including phenoxy) is 2. The van der Waals surface area contributed by atoms with E-state index in [-0.39, 0.29) is 24.8 Å². The molecule has 0 amide bonds. The van der Waals surface area contributed by atoms with Crippen molar-refractivity contribution < 1.29 is 28.7 Å². The Morgan fingerprint density at radius 1 is 0.812 bits per heavy atom. The maximum Gasteiger partial charge on any atom is 0.316 e. The van der Waals surface area contributed by atoms with E-state index >= 15 is 0 Å². The lowest BCUT2D eigenvalue weighted by Crippen LogP contribution is -2.27. The monoisotopic (exact) mass is 228 g/mol. The van der Waals surface area contributed by atoms with Gasteiger partial charge in [0.15, 0.2) is 0 Å². The number of hydrogen-bond donors (Lipinski definition) is 0. The minimum Gasteiger partial charge on any atom is -0.395 e. The van der Waals surface area contributed by atoms with Gasteiger partial charge in [0.2, 0.25) is 0 Å². The molecule has 0 bridgehead atoms. The van der Waals surface area contributed by atoms with E-state index in [4.69, 9.17) is 0 Å². The first-order chi connectivity index (χ1) is 7.69. The molecule has 0 aromatic rings. The summed E-state index contributed by atoms with van der Waals surface area (Å²) in [5.41, 5.74) is 0. The number of hydrogen-bond acceptors (Lipinski definition) is 6. The fourth-order valence-electron chi connectivity index (χ4n) is 1.85. The van der Waals surface area contributed by atoms with Gasteiger partial charge < -0.3 is 9.47 Å². The molecule has 0 atom stereocenters. The molecule has 0 saturated heterocycles. The maximum atomic E-state index is 11.2. The van der Waals surface area contributed by atoms with Crippen LogP contribution in [0.15, 0.2) is 0 Å². The summed E-state index contributed by atoms with van der Waals surface area (Å²) in [5, 5.41) is 0. The van der Waals surface area contributed by atoms with Gasteiger partial charge in [-0.15, -0.1) is 0 Å². The fourth-order valence-corrected chi connectivity index (χ4v) is 1.85. The summed E-state index contributed by atoms with van der Waals surface area (Å²) < 4.78 is 8.47. The van der Waals surface area contributed by atoms with Crippen molar-refractivity contribution in [3.63, 3.8) is 0 Å². The van der Waals surface area contributed by atoms with E-state index in [0.29, 0.717) is 25.7 Å². The third-order valence-corrected chi connectivity index (χ3v) is 2.72. The number of carbonyl (C=O) groups excluding carboxylic acids is 4. The average molecular weight is 228 g/mol. The summed E-state index contributed by atoms with van der Waals surface area (Å²) in [6, 6.07) is 0. The second-order valence-electron chi connectivity index (χ2n) is 3.61. The molecule has 6 heteroatoms. The molecule has 1 rings (SSSR count). The first-order valence-electron chi connectivity index (χ1n) is 4.97. The van der Waals surface area contributed by atoms with Crippen molar-refractivity contribution in [1.29, 1.82) is 0 Å². The molecule has 1 aliphatic rings. The van der Waals surface area contributed by atoms with Crippen molar-refractivity contribution in [1.82, 2.24) is 0 Å². The summed E-state index contributed by atoms with van der Waals surface area (Å²) >= 11 is 0. The largest absolute Gasteiger partial charge is 0.395 e. The van der Waals surface area contributed by atoms with E-state index in [1.54, 1.807) is 0 Å². The van der Waals surface area contributed by atoms with Gasteiger partial charge in [0.1, 0.15) is 0 Å². The average Bonchev–Trinajstić information content (AvgIpc) is 2.30. The molecule has 0 aromatic carbocycles. The van der Waals surface area contributed by atoms with Gasteiger partial charge in [0.05, 0.1) is 11.8 Å². The normalized spacial score (nSPS) is 24.2.